The topological polar surface area (TPSA) is 61.4 Å². The van der Waals surface area contributed by atoms with Crippen molar-refractivity contribution in [3.63, 3.8) is 0 Å². The number of hydrogen-bond donors (Lipinski definition) is 3. The molecule has 1 aliphatic heterocycles. The van der Waals surface area contributed by atoms with E-state index in [0.717, 1.165) is 17.2 Å². The zero-order valence-electron chi connectivity index (χ0n) is 8.99. The largest absolute Gasteiger partial charge is 0.506 e. The maximum absolute atomic E-state index is 11.8. The number of thioether (sulfide) groups is 1. The second kappa shape index (κ2) is 4.76. The van der Waals surface area contributed by atoms with E-state index in [2.05, 4.69) is 10.6 Å². The van der Waals surface area contributed by atoms with Crippen LogP contribution in [-0.4, -0.2) is 28.7 Å². The third kappa shape index (κ3) is 2.48. The van der Waals surface area contributed by atoms with E-state index in [1.165, 1.54) is 0 Å². The molecular weight excluding hydrogens is 224 g/mol. The molecule has 1 unspecified atom stereocenters. The molecule has 4 nitrogen and oxygen atoms in total. The molecule has 3 N–H and O–H groups in total. The van der Waals surface area contributed by atoms with Crippen molar-refractivity contribution in [2.24, 2.45) is 0 Å². The van der Waals surface area contributed by atoms with Gasteiger partial charge in [0.25, 0.3) is 0 Å². The average Bonchev–Trinajstić information content (AvgIpc) is 2.76. The molecule has 86 valence electrons. The number of anilines is 1. The molecule has 0 bridgehead atoms. The predicted molar refractivity (Wildman–Crippen MR) is 65.7 cm³/mol. The molecule has 0 saturated carbocycles. The summed E-state index contributed by atoms with van der Waals surface area (Å²) in [5.74, 6) is 1.59. The van der Waals surface area contributed by atoms with Crippen LogP contribution >= 0.6 is 11.8 Å². The van der Waals surface area contributed by atoms with Gasteiger partial charge in [-0.15, -0.1) is 11.8 Å². The van der Waals surface area contributed by atoms with Crippen molar-refractivity contribution >= 4 is 23.4 Å². The summed E-state index contributed by atoms with van der Waals surface area (Å²) in [6.07, 6.45) is 0. The summed E-state index contributed by atoms with van der Waals surface area (Å²) < 4.78 is 0. The highest BCUT2D eigenvalue weighted by atomic mass is 32.2. The van der Waals surface area contributed by atoms with Crippen molar-refractivity contribution in [3.8, 4) is 5.75 Å². The number of hydrogen-bond acceptors (Lipinski definition) is 4. The van der Waals surface area contributed by atoms with E-state index in [9.17, 15) is 9.90 Å². The summed E-state index contributed by atoms with van der Waals surface area (Å²) >= 11 is 1.69. The Balaban J connectivity index is 2.07. The molecule has 1 aliphatic rings. The summed E-state index contributed by atoms with van der Waals surface area (Å²) in [7, 11) is 0. The average molecular weight is 238 g/mol. The molecule has 0 aliphatic carbocycles. The summed E-state index contributed by atoms with van der Waals surface area (Å²) in [5.41, 5.74) is 1.48. The minimum absolute atomic E-state index is 0.0918. The van der Waals surface area contributed by atoms with Gasteiger partial charge in [0.1, 0.15) is 5.75 Å². The molecule has 0 spiro atoms. The van der Waals surface area contributed by atoms with Gasteiger partial charge in [0, 0.05) is 11.6 Å². The maximum Gasteiger partial charge on any atom is 0.242 e. The standard InChI is InChI=1S/C11H14N2O2S/c1-7-2-3-10(14)8(4-7)13-11(15)9-5-16-6-12-9/h2-4,9,12,14H,5-6H2,1H3,(H,13,15). The van der Waals surface area contributed by atoms with Crippen LogP contribution in [0.25, 0.3) is 0 Å². The van der Waals surface area contributed by atoms with E-state index in [-0.39, 0.29) is 17.7 Å². The second-order valence-corrected chi connectivity index (χ2v) is 4.81. The van der Waals surface area contributed by atoms with Crippen LogP contribution in [0.2, 0.25) is 0 Å². The van der Waals surface area contributed by atoms with E-state index in [1.807, 2.05) is 6.92 Å². The van der Waals surface area contributed by atoms with Crippen LogP contribution in [0.4, 0.5) is 5.69 Å². The fraction of sp³-hybridized carbons (Fsp3) is 0.364. The van der Waals surface area contributed by atoms with Crippen LogP contribution in [0.15, 0.2) is 18.2 Å². The molecule has 5 heteroatoms. The Kier molecular flexibility index (Phi) is 3.36. The number of phenolic OH excluding ortho intramolecular Hbond substituents is 1. The smallest absolute Gasteiger partial charge is 0.242 e. The van der Waals surface area contributed by atoms with Gasteiger partial charge >= 0.3 is 0 Å². The van der Waals surface area contributed by atoms with E-state index in [1.54, 1.807) is 30.0 Å². The lowest BCUT2D eigenvalue weighted by molar-refractivity contribution is -0.117. The van der Waals surface area contributed by atoms with E-state index in [4.69, 9.17) is 0 Å². The Bertz CT molecular complexity index is 403. The molecular formula is C11H14N2O2S. The van der Waals surface area contributed by atoms with E-state index in [0.29, 0.717) is 5.69 Å². The Morgan fingerprint density at radius 3 is 3.12 bits per heavy atom. The SMILES string of the molecule is Cc1ccc(O)c(NC(=O)C2CSCN2)c1. The number of aromatic hydroxyl groups is 1. The third-order valence-electron chi connectivity index (χ3n) is 2.44. The van der Waals surface area contributed by atoms with Gasteiger partial charge in [-0.3, -0.25) is 10.1 Å². The highest BCUT2D eigenvalue weighted by Gasteiger charge is 2.22. The quantitative estimate of drug-likeness (QED) is 0.680. The van der Waals surface area contributed by atoms with Crippen molar-refractivity contribution in [2.75, 3.05) is 16.9 Å². The number of carbonyl (C=O) groups is 1. The highest BCUT2D eigenvalue weighted by Crippen LogP contribution is 2.24. The molecule has 0 radical (unpaired) electrons. The van der Waals surface area contributed by atoms with Crippen LogP contribution in [0.3, 0.4) is 0 Å². The minimum Gasteiger partial charge on any atom is -0.506 e. The Morgan fingerprint density at radius 1 is 1.62 bits per heavy atom. The van der Waals surface area contributed by atoms with Gasteiger partial charge in [-0.1, -0.05) is 6.07 Å². The lowest BCUT2D eigenvalue weighted by atomic mass is 10.2. The molecule has 1 amide bonds. The number of phenols is 1. The number of nitrogens with one attached hydrogen (secondary N) is 2. The number of aryl methyl sites for hydroxylation is 1. The van der Waals surface area contributed by atoms with Crippen LogP contribution in [-0.2, 0) is 4.79 Å². The molecule has 1 saturated heterocycles. The van der Waals surface area contributed by atoms with Crippen LogP contribution < -0.4 is 10.6 Å². The molecule has 1 heterocycles. The summed E-state index contributed by atoms with van der Waals surface area (Å²) in [6, 6.07) is 4.98. The van der Waals surface area contributed by atoms with Crippen LogP contribution in [0.5, 0.6) is 5.75 Å². The van der Waals surface area contributed by atoms with Crippen molar-refractivity contribution in [3.05, 3.63) is 23.8 Å². The van der Waals surface area contributed by atoms with Crippen molar-refractivity contribution in [1.29, 1.82) is 0 Å². The van der Waals surface area contributed by atoms with Gasteiger partial charge in [-0.25, -0.2) is 0 Å². The summed E-state index contributed by atoms with van der Waals surface area (Å²) in [4.78, 5) is 11.8. The molecule has 1 fully saturated rings. The fourth-order valence-corrected chi connectivity index (χ4v) is 2.48. The first kappa shape index (κ1) is 11.3. The molecule has 0 aromatic heterocycles. The number of carbonyl (C=O) groups excluding carboxylic acids is 1. The van der Waals surface area contributed by atoms with Gasteiger partial charge < -0.3 is 10.4 Å². The first-order valence-corrected chi connectivity index (χ1v) is 6.24. The summed E-state index contributed by atoms with van der Waals surface area (Å²) in [6.45, 7) is 1.92. The van der Waals surface area contributed by atoms with E-state index >= 15 is 0 Å². The van der Waals surface area contributed by atoms with Gasteiger partial charge in [0.15, 0.2) is 0 Å². The van der Waals surface area contributed by atoms with Gasteiger partial charge in [-0.2, -0.15) is 0 Å². The molecule has 1 atom stereocenters. The monoisotopic (exact) mass is 238 g/mol. The molecule has 1 aromatic rings. The lowest BCUT2D eigenvalue weighted by Gasteiger charge is -2.12. The highest BCUT2D eigenvalue weighted by molar-refractivity contribution is 7.99. The Morgan fingerprint density at radius 2 is 2.44 bits per heavy atom. The van der Waals surface area contributed by atoms with Crippen LogP contribution in [0, 0.1) is 6.92 Å². The second-order valence-electron chi connectivity index (χ2n) is 3.78. The Labute approximate surface area is 98.4 Å². The lowest BCUT2D eigenvalue weighted by Crippen LogP contribution is -2.37. The predicted octanol–water partition coefficient (Wildman–Crippen LogP) is 1.30. The number of amides is 1. The Hall–Kier alpha value is -1.20. The van der Waals surface area contributed by atoms with Crippen molar-refractivity contribution in [1.82, 2.24) is 5.32 Å². The summed E-state index contributed by atoms with van der Waals surface area (Å²) in [5, 5.41) is 15.4. The maximum atomic E-state index is 11.8. The fourth-order valence-electron chi connectivity index (χ4n) is 1.53. The first-order chi connectivity index (χ1) is 7.66. The zero-order chi connectivity index (χ0) is 11.5. The van der Waals surface area contributed by atoms with Gasteiger partial charge in [0.2, 0.25) is 5.91 Å². The van der Waals surface area contributed by atoms with Gasteiger partial charge in [-0.05, 0) is 24.6 Å². The van der Waals surface area contributed by atoms with Crippen LogP contribution in [0.1, 0.15) is 5.56 Å². The molecule has 16 heavy (non-hydrogen) atoms. The minimum atomic E-state index is -0.162. The van der Waals surface area contributed by atoms with E-state index < -0.39 is 0 Å². The zero-order valence-corrected chi connectivity index (χ0v) is 9.80. The van der Waals surface area contributed by atoms with Gasteiger partial charge in [0.05, 0.1) is 11.7 Å². The molecule has 2 rings (SSSR count). The third-order valence-corrected chi connectivity index (χ3v) is 3.38. The normalized spacial score (nSPS) is 19.7. The van der Waals surface area contributed by atoms with Crippen molar-refractivity contribution < 1.29 is 9.90 Å². The number of benzene rings is 1. The molecule has 1 aromatic carbocycles. The number of rotatable bonds is 2. The van der Waals surface area contributed by atoms with Crippen molar-refractivity contribution in [2.45, 2.75) is 13.0 Å². The first-order valence-electron chi connectivity index (χ1n) is 5.08.